The average molecular weight is 623 g/mol. The topological polar surface area (TPSA) is 74.8 Å². The fraction of sp³-hybridized carbons (Fsp3) is 0.323. The Morgan fingerprint density at radius 3 is 2.67 bits per heavy atom. The molecule has 0 aliphatic carbocycles. The molecular weight excluding hydrogens is 590 g/mol. The van der Waals surface area contributed by atoms with E-state index in [0.717, 1.165) is 27.4 Å². The summed E-state index contributed by atoms with van der Waals surface area (Å²) >= 11 is 4.90. The number of rotatable bonds is 8. The van der Waals surface area contributed by atoms with Crippen LogP contribution in [-0.2, 0) is 9.53 Å². The smallest absolute Gasteiger partial charge is 0.338 e. The number of allylic oxidation sites excluding steroid dienone is 1. The lowest BCUT2D eigenvalue weighted by molar-refractivity contribution is -0.139. The second-order valence-corrected chi connectivity index (χ2v) is 11.8. The van der Waals surface area contributed by atoms with Crippen LogP contribution in [0.25, 0.3) is 17.0 Å². The first-order chi connectivity index (χ1) is 19.3. The summed E-state index contributed by atoms with van der Waals surface area (Å²) in [7, 11) is 1.58. The number of carbonyl (C=O) groups is 1. The SMILES string of the molecule is CCCC1=C(C(=O)OCC)[C@@H](c2cc(Br)ccc2OC)n2c(s/c(=C/c3cn(C(C)C)c4ccccc34)c2=O)=N1. The number of thiazole rings is 1. The fourth-order valence-electron chi connectivity index (χ4n) is 5.25. The van der Waals surface area contributed by atoms with Gasteiger partial charge < -0.3 is 14.0 Å². The zero-order chi connectivity index (χ0) is 28.6. The average Bonchev–Trinajstić information content (AvgIpc) is 3.46. The van der Waals surface area contributed by atoms with Crippen LogP contribution in [-0.4, -0.2) is 28.8 Å². The summed E-state index contributed by atoms with van der Waals surface area (Å²) in [6.07, 6.45) is 5.39. The van der Waals surface area contributed by atoms with Gasteiger partial charge in [0.05, 0.1) is 29.5 Å². The normalized spacial score (nSPS) is 15.5. The largest absolute Gasteiger partial charge is 0.496 e. The molecule has 0 spiro atoms. The third-order valence-electron chi connectivity index (χ3n) is 6.99. The molecule has 2 aromatic carbocycles. The molecule has 0 bridgehead atoms. The number of halogens is 1. The maximum Gasteiger partial charge on any atom is 0.338 e. The van der Waals surface area contributed by atoms with Crippen molar-refractivity contribution >= 4 is 50.2 Å². The maximum atomic E-state index is 14.2. The number of carbonyl (C=O) groups excluding carboxylic acids is 1. The van der Waals surface area contributed by atoms with Gasteiger partial charge >= 0.3 is 5.97 Å². The summed E-state index contributed by atoms with van der Waals surface area (Å²) < 4.78 is 16.4. The third kappa shape index (κ3) is 4.97. The van der Waals surface area contributed by atoms with Gasteiger partial charge in [0, 0.05) is 38.7 Å². The summed E-state index contributed by atoms with van der Waals surface area (Å²) in [5.41, 5.74) is 3.56. The van der Waals surface area contributed by atoms with Crippen LogP contribution in [0.15, 0.2) is 74.2 Å². The minimum absolute atomic E-state index is 0.213. The summed E-state index contributed by atoms with van der Waals surface area (Å²) in [6.45, 7) is 8.31. The molecule has 1 atom stereocenters. The number of hydrogen-bond acceptors (Lipinski definition) is 6. The van der Waals surface area contributed by atoms with Gasteiger partial charge in [-0.2, -0.15) is 0 Å². The maximum absolute atomic E-state index is 14.2. The lowest BCUT2D eigenvalue weighted by Crippen LogP contribution is -2.40. The van der Waals surface area contributed by atoms with Crippen LogP contribution >= 0.6 is 27.3 Å². The first kappa shape index (κ1) is 28.1. The molecule has 0 unspecified atom stereocenters. The van der Waals surface area contributed by atoms with E-state index in [4.69, 9.17) is 14.5 Å². The van der Waals surface area contributed by atoms with Crippen molar-refractivity contribution in [1.82, 2.24) is 9.13 Å². The Bertz CT molecular complexity index is 1810. The van der Waals surface area contributed by atoms with Gasteiger partial charge in [-0.25, -0.2) is 9.79 Å². The Morgan fingerprint density at radius 1 is 1.20 bits per heavy atom. The van der Waals surface area contributed by atoms with E-state index >= 15 is 0 Å². The molecule has 2 aromatic heterocycles. The molecule has 5 rings (SSSR count). The number of para-hydroxylation sites is 1. The van der Waals surface area contributed by atoms with Gasteiger partial charge in [0.25, 0.3) is 5.56 Å². The molecule has 0 amide bonds. The number of aromatic nitrogens is 2. The predicted octanol–water partition coefficient (Wildman–Crippen LogP) is 5.89. The van der Waals surface area contributed by atoms with Crippen LogP contribution in [0, 0.1) is 0 Å². The highest BCUT2D eigenvalue weighted by molar-refractivity contribution is 9.10. The minimum atomic E-state index is -0.747. The van der Waals surface area contributed by atoms with Crippen molar-refractivity contribution in [3.63, 3.8) is 0 Å². The Hall–Kier alpha value is -3.43. The summed E-state index contributed by atoms with van der Waals surface area (Å²) in [6, 6.07) is 13.3. The van der Waals surface area contributed by atoms with Crippen LogP contribution in [0.2, 0.25) is 0 Å². The van der Waals surface area contributed by atoms with Gasteiger partial charge in [-0.3, -0.25) is 9.36 Å². The second-order valence-electron chi connectivity index (χ2n) is 9.90. The van der Waals surface area contributed by atoms with E-state index in [1.807, 2.05) is 43.3 Å². The molecule has 1 aliphatic heterocycles. The first-order valence-electron chi connectivity index (χ1n) is 13.4. The molecule has 0 saturated carbocycles. The van der Waals surface area contributed by atoms with Crippen molar-refractivity contribution < 1.29 is 14.3 Å². The number of fused-ring (bicyclic) bond motifs is 2. The van der Waals surface area contributed by atoms with E-state index in [9.17, 15) is 9.59 Å². The molecule has 4 aromatic rings. The first-order valence-corrected chi connectivity index (χ1v) is 15.0. The van der Waals surface area contributed by atoms with Crippen molar-refractivity contribution in [3.05, 3.63) is 95.2 Å². The van der Waals surface area contributed by atoms with E-state index in [1.165, 1.54) is 11.3 Å². The minimum Gasteiger partial charge on any atom is -0.496 e. The molecule has 0 radical (unpaired) electrons. The van der Waals surface area contributed by atoms with Gasteiger partial charge in [0.1, 0.15) is 11.8 Å². The van der Waals surface area contributed by atoms with Crippen LogP contribution in [0.1, 0.15) is 63.7 Å². The highest BCUT2D eigenvalue weighted by Gasteiger charge is 2.36. The van der Waals surface area contributed by atoms with Crippen LogP contribution in [0.4, 0.5) is 0 Å². The number of nitrogens with zero attached hydrogens (tertiary/aromatic N) is 3. The lowest BCUT2D eigenvalue weighted by atomic mass is 9.93. The Morgan fingerprint density at radius 2 is 1.98 bits per heavy atom. The molecule has 1 aliphatic rings. The van der Waals surface area contributed by atoms with Gasteiger partial charge in [0.15, 0.2) is 4.80 Å². The summed E-state index contributed by atoms with van der Waals surface area (Å²) in [5, 5.41) is 1.08. The van der Waals surface area contributed by atoms with Gasteiger partial charge in [-0.05, 0) is 57.5 Å². The van der Waals surface area contributed by atoms with E-state index in [-0.39, 0.29) is 18.2 Å². The Labute approximate surface area is 245 Å². The monoisotopic (exact) mass is 621 g/mol. The van der Waals surface area contributed by atoms with Gasteiger partial charge in [0.2, 0.25) is 0 Å². The zero-order valence-corrected chi connectivity index (χ0v) is 25.6. The number of hydrogen-bond donors (Lipinski definition) is 0. The van der Waals surface area contributed by atoms with Crippen LogP contribution in [0.5, 0.6) is 5.75 Å². The van der Waals surface area contributed by atoms with E-state index in [0.29, 0.717) is 38.3 Å². The predicted molar refractivity (Wildman–Crippen MR) is 163 cm³/mol. The van der Waals surface area contributed by atoms with Crippen molar-refractivity contribution in [2.24, 2.45) is 4.99 Å². The van der Waals surface area contributed by atoms with Crippen molar-refractivity contribution in [3.8, 4) is 5.75 Å². The lowest BCUT2D eigenvalue weighted by Gasteiger charge is -2.27. The van der Waals surface area contributed by atoms with Crippen molar-refractivity contribution in [2.45, 2.75) is 52.6 Å². The highest BCUT2D eigenvalue weighted by atomic mass is 79.9. The van der Waals surface area contributed by atoms with E-state index in [2.05, 4.69) is 52.7 Å². The Balaban J connectivity index is 1.82. The Kier molecular flexibility index (Phi) is 8.14. The summed E-state index contributed by atoms with van der Waals surface area (Å²) in [4.78, 5) is 33.1. The standard InChI is InChI=1S/C31H32BrN3O4S/c1-6-10-23-27(30(37)39-7-2)28(22-16-20(32)13-14-25(22)38-5)35-29(36)26(40-31(35)33-23)15-19-17-34(18(3)4)24-12-9-8-11-21(19)24/h8-9,11-18,28H,6-7,10H2,1-5H3/b26-15+/t28-/m1/s1. The van der Waals surface area contributed by atoms with E-state index in [1.54, 1.807) is 18.6 Å². The molecule has 0 fully saturated rings. The van der Waals surface area contributed by atoms with Crippen molar-refractivity contribution in [1.29, 1.82) is 0 Å². The van der Waals surface area contributed by atoms with Gasteiger partial charge in [-0.15, -0.1) is 0 Å². The number of benzene rings is 2. The molecule has 208 valence electrons. The molecule has 9 heteroatoms. The zero-order valence-electron chi connectivity index (χ0n) is 23.2. The third-order valence-corrected chi connectivity index (χ3v) is 8.47. The van der Waals surface area contributed by atoms with Crippen molar-refractivity contribution in [2.75, 3.05) is 13.7 Å². The van der Waals surface area contributed by atoms with Gasteiger partial charge in [-0.1, -0.05) is 58.8 Å². The molecule has 3 heterocycles. The number of ether oxygens (including phenoxy) is 2. The van der Waals surface area contributed by atoms with E-state index < -0.39 is 12.0 Å². The number of methoxy groups -OCH3 is 1. The highest BCUT2D eigenvalue weighted by Crippen LogP contribution is 2.38. The molecular formula is C31H32BrN3O4S. The summed E-state index contributed by atoms with van der Waals surface area (Å²) in [5.74, 6) is 0.0957. The quantitative estimate of drug-likeness (QED) is 0.230. The fourth-order valence-corrected chi connectivity index (χ4v) is 6.64. The van der Waals surface area contributed by atoms with Crippen LogP contribution < -0.4 is 19.6 Å². The molecule has 0 N–H and O–H groups in total. The number of esters is 1. The second kappa shape index (κ2) is 11.6. The molecule has 0 saturated heterocycles. The van der Waals surface area contributed by atoms with Crippen LogP contribution in [0.3, 0.4) is 0 Å². The molecule has 40 heavy (non-hydrogen) atoms. The molecule has 7 nitrogen and oxygen atoms in total.